The summed E-state index contributed by atoms with van der Waals surface area (Å²) in [6, 6.07) is 1.54. The van der Waals surface area contributed by atoms with Crippen molar-refractivity contribution in [3.05, 3.63) is 18.0 Å². The molecule has 6 heteroatoms. The Morgan fingerprint density at radius 2 is 2.22 bits per heavy atom. The number of aromatic amines is 1. The fraction of sp³-hybridized carbons (Fsp3) is 0.583. The average molecular weight is 253 g/mol. The van der Waals surface area contributed by atoms with Crippen molar-refractivity contribution in [3.8, 4) is 0 Å². The molecular weight excluding hydrogens is 234 g/mol. The lowest BCUT2D eigenvalue weighted by atomic mass is 9.88. The van der Waals surface area contributed by atoms with Crippen molar-refractivity contribution in [1.82, 2.24) is 15.5 Å². The van der Waals surface area contributed by atoms with Crippen LogP contribution in [-0.2, 0) is 9.53 Å². The van der Waals surface area contributed by atoms with Gasteiger partial charge in [0.05, 0.1) is 6.61 Å². The van der Waals surface area contributed by atoms with E-state index in [9.17, 15) is 9.59 Å². The molecule has 0 radical (unpaired) electrons. The third kappa shape index (κ3) is 2.88. The number of H-pyrrole nitrogens is 1. The van der Waals surface area contributed by atoms with Gasteiger partial charge in [0.25, 0.3) is 5.91 Å². The first-order chi connectivity index (χ1) is 8.41. The van der Waals surface area contributed by atoms with Gasteiger partial charge < -0.3 is 10.1 Å². The van der Waals surface area contributed by atoms with E-state index in [1.54, 1.807) is 19.9 Å². The summed E-state index contributed by atoms with van der Waals surface area (Å²) in [7, 11) is 0. The van der Waals surface area contributed by atoms with Crippen LogP contribution < -0.4 is 5.32 Å². The molecule has 2 N–H and O–H groups in total. The van der Waals surface area contributed by atoms with Crippen molar-refractivity contribution in [2.24, 2.45) is 5.92 Å². The van der Waals surface area contributed by atoms with E-state index in [2.05, 4.69) is 15.5 Å². The zero-order valence-corrected chi connectivity index (χ0v) is 11.1. The van der Waals surface area contributed by atoms with Gasteiger partial charge in [-0.15, -0.1) is 0 Å². The minimum absolute atomic E-state index is 0.0941. The molecular formula is C12H19N3O3. The topological polar surface area (TPSA) is 84.1 Å². The first-order valence-corrected chi connectivity index (χ1v) is 5.91. The predicted molar refractivity (Wildman–Crippen MR) is 65.9 cm³/mol. The van der Waals surface area contributed by atoms with E-state index in [-0.39, 0.29) is 18.4 Å². The summed E-state index contributed by atoms with van der Waals surface area (Å²) in [5.74, 6) is -0.909. The van der Waals surface area contributed by atoms with Gasteiger partial charge in [-0.25, -0.2) is 4.79 Å². The van der Waals surface area contributed by atoms with Crippen molar-refractivity contribution in [2.75, 3.05) is 6.61 Å². The summed E-state index contributed by atoms with van der Waals surface area (Å²) in [6.45, 7) is 7.37. The second-order valence-electron chi connectivity index (χ2n) is 4.50. The molecule has 0 fully saturated rings. The number of aromatic nitrogens is 2. The maximum Gasteiger partial charge on any atom is 0.331 e. The summed E-state index contributed by atoms with van der Waals surface area (Å²) in [5.41, 5.74) is -0.746. The highest BCUT2D eigenvalue weighted by Gasteiger charge is 2.40. The van der Waals surface area contributed by atoms with Crippen LogP contribution >= 0.6 is 0 Å². The molecule has 100 valence electrons. The van der Waals surface area contributed by atoms with Gasteiger partial charge in [0, 0.05) is 6.20 Å². The van der Waals surface area contributed by atoms with Crippen molar-refractivity contribution in [2.45, 2.75) is 33.2 Å². The number of hydrogen-bond acceptors (Lipinski definition) is 4. The van der Waals surface area contributed by atoms with Crippen molar-refractivity contribution in [1.29, 1.82) is 0 Å². The van der Waals surface area contributed by atoms with Crippen LogP contribution in [-0.4, -0.2) is 34.2 Å². The Bertz CT molecular complexity index is 414. The fourth-order valence-electron chi connectivity index (χ4n) is 1.40. The summed E-state index contributed by atoms with van der Waals surface area (Å²) in [5, 5.41) is 8.95. The standard InChI is InChI=1S/C12H19N3O3/c1-5-18-11(17)12(4,8(2)3)14-10(16)9-6-7-13-15-9/h6-8H,5H2,1-4H3,(H,13,15)(H,14,16). The van der Waals surface area contributed by atoms with E-state index >= 15 is 0 Å². The number of carbonyl (C=O) groups excluding carboxylic acids is 2. The molecule has 0 aliphatic carbocycles. The predicted octanol–water partition coefficient (Wildman–Crippen LogP) is 1.12. The number of carbonyl (C=O) groups is 2. The van der Waals surface area contributed by atoms with Crippen LogP contribution in [0.1, 0.15) is 38.2 Å². The van der Waals surface area contributed by atoms with E-state index < -0.39 is 11.5 Å². The molecule has 0 saturated carbocycles. The van der Waals surface area contributed by atoms with Gasteiger partial charge in [-0.05, 0) is 25.8 Å². The minimum Gasteiger partial charge on any atom is -0.464 e. The molecule has 1 rings (SSSR count). The highest BCUT2D eigenvalue weighted by atomic mass is 16.5. The van der Waals surface area contributed by atoms with Crippen LogP contribution in [0.5, 0.6) is 0 Å². The zero-order valence-electron chi connectivity index (χ0n) is 11.1. The third-order valence-electron chi connectivity index (χ3n) is 2.97. The van der Waals surface area contributed by atoms with Crippen LogP contribution in [0.3, 0.4) is 0 Å². The molecule has 6 nitrogen and oxygen atoms in total. The molecule has 1 amide bonds. The molecule has 1 unspecified atom stereocenters. The summed E-state index contributed by atoms with van der Waals surface area (Å²) in [4.78, 5) is 23.9. The van der Waals surface area contributed by atoms with Crippen molar-refractivity contribution in [3.63, 3.8) is 0 Å². The van der Waals surface area contributed by atoms with Crippen LogP contribution in [0.4, 0.5) is 0 Å². The Kier molecular flexibility index (Phi) is 4.47. The molecule has 0 aliphatic heterocycles. The van der Waals surface area contributed by atoms with Gasteiger partial charge in [0.1, 0.15) is 11.2 Å². The zero-order chi connectivity index (χ0) is 13.8. The van der Waals surface area contributed by atoms with E-state index in [1.807, 2.05) is 13.8 Å². The number of esters is 1. The molecule has 1 heterocycles. The monoisotopic (exact) mass is 253 g/mol. The second-order valence-corrected chi connectivity index (χ2v) is 4.50. The number of hydrogen-bond donors (Lipinski definition) is 2. The maximum atomic E-state index is 11.9. The molecule has 18 heavy (non-hydrogen) atoms. The summed E-state index contributed by atoms with van der Waals surface area (Å²) >= 11 is 0. The van der Waals surface area contributed by atoms with Crippen LogP contribution in [0.25, 0.3) is 0 Å². The Hall–Kier alpha value is -1.85. The number of nitrogens with one attached hydrogen (secondary N) is 2. The Labute approximate surface area is 106 Å². The molecule has 1 atom stereocenters. The summed E-state index contributed by atoms with van der Waals surface area (Å²) in [6.07, 6.45) is 1.48. The van der Waals surface area contributed by atoms with Gasteiger partial charge in [-0.3, -0.25) is 9.89 Å². The smallest absolute Gasteiger partial charge is 0.331 e. The van der Waals surface area contributed by atoms with E-state index in [0.29, 0.717) is 5.69 Å². The Morgan fingerprint density at radius 3 is 2.67 bits per heavy atom. The average Bonchev–Trinajstić information content (AvgIpc) is 2.82. The second kappa shape index (κ2) is 5.66. The largest absolute Gasteiger partial charge is 0.464 e. The first kappa shape index (κ1) is 14.2. The van der Waals surface area contributed by atoms with Crippen LogP contribution in [0.2, 0.25) is 0 Å². The molecule has 0 bridgehead atoms. The fourth-order valence-corrected chi connectivity index (χ4v) is 1.40. The van der Waals surface area contributed by atoms with E-state index in [0.717, 1.165) is 0 Å². The highest BCUT2D eigenvalue weighted by Crippen LogP contribution is 2.19. The van der Waals surface area contributed by atoms with Gasteiger partial charge in [-0.1, -0.05) is 13.8 Å². The maximum absolute atomic E-state index is 11.9. The molecule has 0 saturated heterocycles. The SMILES string of the molecule is CCOC(=O)C(C)(NC(=O)c1ccn[nH]1)C(C)C. The summed E-state index contributed by atoms with van der Waals surface area (Å²) < 4.78 is 5.01. The van der Waals surface area contributed by atoms with Gasteiger partial charge in [0.2, 0.25) is 0 Å². The third-order valence-corrected chi connectivity index (χ3v) is 2.97. The van der Waals surface area contributed by atoms with Crippen molar-refractivity contribution >= 4 is 11.9 Å². The minimum atomic E-state index is -1.06. The normalized spacial score (nSPS) is 14.1. The first-order valence-electron chi connectivity index (χ1n) is 5.91. The highest BCUT2D eigenvalue weighted by molar-refractivity contribution is 5.96. The number of nitrogens with zero attached hydrogens (tertiary/aromatic N) is 1. The number of amides is 1. The number of ether oxygens (including phenoxy) is 1. The van der Waals surface area contributed by atoms with Gasteiger partial charge in [-0.2, -0.15) is 5.10 Å². The van der Waals surface area contributed by atoms with E-state index in [1.165, 1.54) is 6.20 Å². The quantitative estimate of drug-likeness (QED) is 0.770. The molecule has 0 spiro atoms. The Morgan fingerprint density at radius 1 is 1.56 bits per heavy atom. The van der Waals surface area contributed by atoms with Crippen LogP contribution in [0.15, 0.2) is 12.3 Å². The lowest BCUT2D eigenvalue weighted by molar-refractivity contribution is -0.152. The van der Waals surface area contributed by atoms with Crippen molar-refractivity contribution < 1.29 is 14.3 Å². The molecule has 1 aromatic heterocycles. The van der Waals surface area contributed by atoms with Crippen LogP contribution in [0, 0.1) is 5.92 Å². The van der Waals surface area contributed by atoms with E-state index in [4.69, 9.17) is 4.74 Å². The Balaban J connectivity index is 2.86. The lowest BCUT2D eigenvalue weighted by Gasteiger charge is -2.31. The molecule has 1 aromatic rings. The van der Waals surface area contributed by atoms with Gasteiger partial charge in [0.15, 0.2) is 0 Å². The number of rotatable bonds is 5. The molecule has 0 aromatic carbocycles. The lowest BCUT2D eigenvalue weighted by Crippen LogP contribution is -2.56. The van der Waals surface area contributed by atoms with Gasteiger partial charge >= 0.3 is 5.97 Å². The molecule has 0 aliphatic rings.